The Bertz CT molecular complexity index is 476. The summed E-state index contributed by atoms with van der Waals surface area (Å²) in [5.41, 5.74) is 1.63. The Morgan fingerprint density at radius 1 is 1.11 bits per heavy atom. The second kappa shape index (κ2) is 5.27. The van der Waals surface area contributed by atoms with Gasteiger partial charge in [0.25, 0.3) is 5.91 Å². The Morgan fingerprint density at radius 3 is 2.37 bits per heavy atom. The van der Waals surface area contributed by atoms with Gasteiger partial charge < -0.3 is 5.32 Å². The molecule has 1 amide bonds. The lowest BCUT2D eigenvalue weighted by molar-refractivity contribution is 0.0957. The van der Waals surface area contributed by atoms with E-state index in [9.17, 15) is 4.79 Å². The molecule has 0 aromatic carbocycles. The van der Waals surface area contributed by atoms with Crippen molar-refractivity contribution in [2.75, 3.05) is 7.05 Å². The van der Waals surface area contributed by atoms with Crippen molar-refractivity contribution < 1.29 is 4.79 Å². The smallest absolute Gasteiger partial charge is 0.269 e. The molecule has 0 bridgehead atoms. The number of nitrogens with one attached hydrogen (secondary N) is 1. The van der Waals surface area contributed by atoms with Crippen molar-refractivity contribution in [3.05, 3.63) is 23.3 Å². The van der Waals surface area contributed by atoms with Crippen LogP contribution in [-0.4, -0.2) is 22.9 Å². The predicted molar refractivity (Wildman–Crippen MR) is 73.2 cm³/mol. The van der Waals surface area contributed by atoms with Crippen LogP contribution in [-0.2, 0) is 0 Å². The van der Waals surface area contributed by atoms with Crippen LogP contribution in [0.15, 0.2) is 6.07 Å². The van der Waals surface area contributed by atoms with E-state index in [1.807, 2.05) is 6.07 Å². The first-order valence-corrected chi connectivity index (χ1v) is 7.39. The first-order chi connectivity index (χ1) is 9.28. The fraction of sp³-hybridized carbons (Fsp3) is 0.667. The van der Waals surface area contributed by atoms with E-state index in [0.29, 0.717) is 17.5 Å². The van der Waals surface area contributed by atoms with Gasteiger partial charge in [-0.2, -0.15) is 0 Å². The lowest BCUT2D eigenvalue weighted by Crippen LogP contribution is -2.22. The molecule has 2 fully saturated rings. The molecule has 0 unspecified atom stereocenters. The highest BCUT2D eigenvalue weighted by Crippen LogP contribution is 2.37. The molecule has 4 heteroatoms. The SMILES string of the molecule is CNC(=O)c1cc(C2CCC2)nc(C2CCCC2)n1. The van der Waals surface area contributed by atoms with Gasteiger partial charge in [0.1, 0.15) is 11.5 Å². The molecule has 0 saturated heterocycles. The lowest BCUT2D eigenvalue weighted by atomic mass is 9.82. The molecule has 0 atom stereocenters. The maximum absolute atomic E-state index is 11.9. The minimum Gasteiger partial charge on any atom is -0.354 e. The van der Waals surface area contributed by atoms with E-state index in [4.69, 9.17) is 4.98 Å². The highest BCUT2D eigenvalue weighted by Gasteiger charge is 2.26. The van der Waals surface area contributed by atoms with E-state index in [-0.39, 0.29) is 5.91 Å². The van der Waals surface area contributed by atoms with Gasteiger partial charge in [0, 0.05) is 24.6 Å². The number of carbonyl (C=O) groups is 1. The summed E-state index contributed by atoms with van der Waals surface area (Å²) in [5.74, 6) is 1.82. The van der Waals surface area contributed by atoms with Crippen LogP contribution < -0.4 is 5.32 Å². The Labute approximate surface area is 114 Å². The van der Waals surface area contributed by atoms with E-state index in [0.717, 1.165) is 11.5 Å². The summed E-state index contributed by atoms with van der Waals surface area (Å²) in [7, 11) is 1.66. The minimum atomic E-state index is -0.0952. The third-order valence-corrected chi connectivity index (χ3v) is 4.47. The Balaban J connectivity index is 1.95. The van der Waals surface area contributed by atoms with E-state index < -0.39 is 0 Å². The first-order valence-electron chi connectivity index (χ1n) is 7.39. The van der Waals surface area contributed by atoms with Gasteiger partial charge in [-0.25, -0.2) is 9.97 Å². The molecule has 0 spiro atoms. The molecule has 2 aliphatic rings. The maximum Gasteiger partial charge on any atom is 0.269 e. The van der Waals surface area contributed by atoms with Gasteiger partial charge in [0.15, 0.2) is 0 Å². The predicted octanol–water partition coefficient (Wildman–Crippen LogP) is 2.76. The summed E-state index contributed by atoms with van der Waals surface area (Å²) >= 11 is 0. The number of hydrogen-bond donors (Lipinski definition) is 1. The zero-order valence-corrected chi connectivity index (χ0v) is 11.5. The van der Waals surface area contributed by atoms with Crippen LogP contribution in [0.25, 0.3) is 0 Å². The van der Waals surface area contributed by atoms with Crippen molar-refractivity contribution in [3.8, 4) is 0 Å². The van der Waals surface area contributed by atoms with Crippen LogP contribution in [0.4, 0.5) is 0 Å². The molecule has 2 aliphatic carbocycles. The van der Waals surface area contributed by atoms with Crippen molar-refractivity contribution in [3.63, 3.8) is 0 Å². The van der Waals surface area contributed by atoms with Gasteiger partial charge in [-0.15, -0.1) is 0 Å². The zero-order chi connectivity index (χ0) is 13.2. The number of nitrogens with zero attached hydrogens (tertiary/aromatic N) is 2. The summed E-state index contributed by atoms with van der Waals surface area (Å²) in [6.07, 6.45) is 8.54. The molecule has 1 heterocycles. The summed E-state index contributed by atoms with van der Waals surface area (Å²) in [4.78, 5) is 21.1. The largest absolute Gasteiger partial charge is 0.354 e. The van der Waals surface area contributed by atoms with Gasteiger partial charge in [0.05, 0.1) is 0 Å². The summed E-state index contributed by atoms with van der Waals surface area (Å²) in [5, 5.41) is 2.67. The molecule has 0 radical (unpaired) electrons. The maximum atomic E-state index is 11.9. The highest BCUT2D eigenvalue weighted by atomic mass is 16.1. The van der Waals surface area contributed by atoms with Crippen LogP contribution in [0, 0.1) is 0 Å². The Hall–Kier alpha value is -1.45. The lowest BCUT2D eigenvalue weighted by Gasteiger charge is -2.25. The second-order valence-corrected chi connectivity index (χ2v) is 5.72. The zero-order valence-electron chi connectivity index (χ0n) is 11.5. The van der Waals surface area contributed by atoms with Gasteiger partial charge in [0.2, 0.25) is 0 Å². The molecular formula is C15H21N3O. The number of hydrogen-bond acceptors (Lipinski definition) is 3. The third-order valence-electron chi connectivity index (χ3n) is 4.47. The molecule has 1 aromatic heterocycles. The van der Waals surface area contributed by atoms with Crippen molar-refractivity contribution in [2.45, 2.75) is 56.8 Å². The van der Waals surface area contributed by atoms with Crippen LogP contribution in [0.2, 0.25) is 0 Å². The van der Waals surface area contributed by atoms with Crippen LogP contribution >= 0.6 is 0 Å². The number of aromatic nitrogens is 2. The summed E-state index contributed by atoms with van der Waals surface area (Å²) < 4.78 is 0. The van der Waals surface area contributed by atoms with Crippen LogP contribution in [0.1, 0.15) is 78.8 Å². The van der Waals surface area contributed by atoms with Gasteiger partial charge in [-0.3, -0.25) is 4.79 Å². The van der Waals surface area contributed by atoms with Gasteiger partial charge >= 0.3 is 0 Å². The quantitative estimate of drug-likeness (QED) is 0.908. The van der Waals surface area contributed by atoms with Crippen LogP contribution in [0.5, 0.6) is 0 Å². The van der Waals surface area contributed by atoms with E-state index in [1.54, 1.807) is 7.05 Å². The van der Waals surface area contributed by atoms with Crippen molar-refractivity contribution >= 4 is 5.91 Å². The topological polar surface area (TPSA) is 54.9 Å². The molecule has 3 rings (SSSR count). The molecule has 1 aromatic rings. The highest BCUT2D eigenvalue weighted by molar-refractivity contribution is 5.92. The van der Waals surface area contributed by atoms with Crippen LogP contribution in [0.3, 0.4) is 0 Å². The van der Waals surface area contributed by atoms with Crippen molar-refractivity contribution in [2.24, 2.45) is 0 Å². The molecule has 1 N–H and O–H groups in total. The average Bonchev–Trinajstić information content (AvgIpc) is 2.89. The first kappa shape index (κ1) is 12.6. The third kappa shape index (κ3) is 2.48. The molecular weight excluding hydrogens is 238 g/mol. The van der Waals surface area contributed by atoms with E-state index in [2.05, 4.69) is 10.3 Å². The fourth-order valence-electron chi connectivity index (χ4n) is 3.01. The van der Waals surface area contributed by atoms with Gasteiger partial charge in [-0.1, -0.05) is 19.3 Å². The minimum absolute atomic E-state index is 0.0952. The normalized spacial score (nSPS) is 20.3. The average molecular weight is 259 g/mol. The molecule has 102 valence electrons. The summed E-state index contributed by atoms with van der Waals surface area (Å²) in [6.45, 7) is 0. The second-order valence-electron chi connectivity index (χ2n) is 5.72. The van der Waals surface area contributed by atoms with Crippen molar-refractivity contribution in [1.29, 1.82) is 0 Å². The molecule has 2 saturated carbocycles. The van der Waals surface area contributed by atoms with Crippen molar-refractivity contribution in [1.82, 2.24) is 15.3 Å². The Kier molecular flexibility index (Phi) is 3.49. The monoisotopic (exact) mass is 259 g/mol. The molecule has 0 aliphatic heterocycles. The number of carbonyl (C=O) groups excluding carboxylic acids is 1. The van der Waals surface area contributed by atoms with E-state index in [1.165, 1.54) is 44.9 Å². The Morgan fingerprint density at radius 2 is 1.79 bits per heavy atom. The summed E-state index contributed by atoms with van der Waals surface area (Å²) in [6, 6.07) is 1.89. The van der Waals surface area contributed by atoms with Gasteiger partial charge in [-0.05, 0) is 31.7 Å². The number of amides is 1. The standard InChI is InChI=1S/C15H21N3O/c1-16-15(19)13-9-12(10-7-4-8-10)17-14(18-13)11-5-2-3-6-11/h9-11H,2-8H2,1H3,(H,16,19). The fourth-order valence-corrected chi connectivity index (χ4v) is 3.01. The molecule has 4 nitrogen and oxygen atoms in total. The molecule has 19 heavy (non-hydrogen) atoms. The van der Waals surface area contributed by atoms with E-state index >= 15 is 0 Å². The number of rotatable bonds is 3.